The standard InChI is InChI=1S/C20H22N4O4/c1-24-16-10-17(25)14(9-18(16)28-20(24)26)15-5-6-19(23-22-15)27-13-7-11-3-2-4-12(8-13)21-11/h5-6,9-13,21,25H,2-4,7-8H2,1H3. The maximum atomic E-state index is 11.7. The Balaban J connectivity index is 1.37. The Morgan fingerprint density at radius 3 is 2.71 bits per heavy atom. The zero-order valence-corrected chi connectivity index (χ0v) is 15.6. The molecule has 0 amide bonds. The molecule has 2 aliphatic heterocycles. The minimum absolute atomic E-state index is 0.0121. The average molecular weight is 382 g/mol. The van der Waals surface area contributed by atoms with E-state index in [1.165, 1.54) is 29.9 Å². The number of hydrogen-bond donors (Lipinski definition) is 2. The first kappa shape index (κ1) is 17.2. The summed E-state index contributed by atoms with van der Waals surface area (Å²) in [4.78, 5) is 11.7. The molecule has 2 unspecified atom stereocenters. The van der Waals surface area contributed by atoms with Gasteiger partial charge in [-0.05, 0) is 37.8 Å². The van der Waals surface area contributed by atoms with E-state index in [1.54, 1.807) is 25.2 Å². The van der Waals surface area contributed by atoms with Crippen LogP contribution in [0.4, 0.5) is 0 Å². The SMILES string of the molecule is Cn1c(=O)oc2cc(-c3ccc(OC4CC5CCCC(C4)N5)nn3)c(O)cc21. The molecule has 2 aromatic heterocycles. The number of phenols is 1. The lowest BCUT2D eigenvalue weighted by Gasteiger charge is -2.39. The first-order chi connectivity index (χ1) is 13.6. The quantitative estimate of drug-likeness (QED) is 0.717. The van der Waals surface area contributed by atoms with Gasteiger partial charge in [-0.25, -0.2) is 4.79 Å². The number of nitrogens with one attached hydrogen (secondary N) is 1. The summed E-state index contributed by atoms with van der Waals surface area (Å²) in [5.74, 6) is 0.0201. The third-order valence-corrected chi connectivity index (χ3v) is 5.78. The van der Waals surface area contributed by atoms with Gasteiger partial charge in [-0.15, -0.1) is 10.2 Å². The van der Waals surface area contributed by atoms with Gasteiger partial charge in [0, 0.05) is 36.8 Å². The van der Waals surface area contributed by atoms with Crippen molar-refractivity contribution in [2.24, 2.45) is 7.05 Å². The summed E-state index contributed by atoms with van der Waals surface area (Å²) in [6.07, 6.45) is 5.84. The number of aromatic nitrogens is 3. The van der Waals surface area contributed by atoms with E-state index in [0.717, 1.165) is 12.8 Å². The molecule has 3 aromatic rings. The molecular weight excluding hydrogens is 360 g/mol. The van der Waals surface area contributed by atoms with Crippen LogP contribution in [0, 0.1) is 0 Å². The molecule has 146 valence electrons. The average Bonchev–Trinajstić information content (AvgIpc) is 2.95. The fraction of sp³-hybridized carbons (Fsp3) is 0.450. The van der Waals surface area contributed by atoms with Crippen LogP contribution >= 0.6 is 0 Å². The highest BCUT2D eigenvalue weighted by molar-refractivity contribution is 5.83. The molecule has 28 heavy (non-hydrogen) atoms. The van der Waals surface area contributed by atoms with Crippen LogP contribution in [0.15, 0.2) is 33.5 Å². The van der Waals surface area contributed by atoms with Crippen molar-refractivity contribution >= 4 is 11.1 Å². The third-order valence-electron chi connectivity index (χ3n) is 5.78. The van der Waals surface area contributed by atoms with Crippen molar-refractivity contribution in [1.29, 1.82) is 0 Å². The van der Waals surface area contributed by atoms with Gasteiger partial charge in [0.1, 0.15) is 11.9 Å². The van der Waals surface area contributed by atoms with Crippen LogP contribution in [0.3, 0.4) is 0 Å². The molecule has 8 heteroatoms. The van der Waals surface area contributed by atoms with Gasteiger partial charge in [-0.2, -0.15) is 0 Å². The number of oxazole rings is 1. The molecule has 0 radical (unpaired) electrons. The van der Waals surface area contributed by atoms with Crippen molar-refractivity contribution in [2.45, 2.75) is 50.3 Å². The zero-order chi connectivity index (χ0) is 19.3. The van der Waals surface area contributed by atoms with Gasteiger partial charge in [0.2, 0.25) is 5.88 Å². The second-order valence-electron chi connectivity index (χ2n) is 7.72. The fourth-order valence-corrected chi connectivity index (χ4v) is 4.37. The fourth-order valence-electron chi connectivity index (χ4n) is 4.37. The van der Waals surface area contributed by atoms with E-state index in [9.17, 15) is 9.90 Å². The number of hydrogen-bond acceptors (Lipinski definition) is 7. The molecule has 2 aliphatic rings. The summed E-state index contributed by atoms with van der Waals surface area (Å²) in [6, 6.07) is 7.69. The Bertz CT molecular complexity index is 1060. The monoisotopic (exact) mass is 382 g/mol. The van der Waals surface area contributed by atoms with E-state index in [-0.39, 0.29) is 11.9 Å². The van der Waals surface area contributed by atoms with Crippen LogP contribution in [-0.4, -0.2) is 38.1 Å². The van der Waals surface area contributed by atoms with Crippen molar-refractivity contribution in [3.8, 4) is 22.9 Å². The number of aryl methyl sites for hydroxylation is 1. The third kappa shape index (κ3) is 3.03. The topological polar surface area (TPSA) is 102 Å². The lowest BCUT2D eigenvalue weighted by molar-refractivity contribution is 0.0881. The Morgan fingerprint density at radius 1 is 1.21 bits per heavy atom. The van der Waals surface area contributed by atoms with Crippen LogP contribution in [0.2, 0.25) is 0 Å². The number of phenolic OH excluding ortho intramolecular Hbond substituents is 1. The predicted octanol–water partition coefficient (Wildman–Crippen LogP) is 2.35. The maximum absolute atomic E-state index is 11.7. The molecule has 0 saturated carbocycles. The molecule has 4 heterocycles. The number of aromatic hydroxyl groups is 1. The minimum atomic E-state index is -0.479. The smallest absolute Gasteiger partial charge is 0.419 e. The predicted molar refractivity (Wildman–Crippen MR) is 102 cm³/mol. The first-order valence-electron chi connectivity index (χ1n) is 9.66. The molecular formula is C20H22N4O4. The van der Waals surface area contributed by atoms with Gasteiger partial charge in [-0.3, -0.25) is 4.57 Å². The van der Waals surface area contributed by atoms with E-state index in [2.05, 4.69) is 15.5 Å². The molecule has 2 fully saturated rings. The number of fused-ring (bicyclic) bond motifs is 3. The zero-order valence-electron chi connectivity index (χ0n) is 15.6. The number of piperidine rings is 2. The van der Waals surface area contributed by atoms with Crippen LogP contribution in [0.5, 0.6) is 11.6 Å². The van der Waals surface area contributed by atoms with E-state index >= 15 is 0 Å². The number of nitrogens with zero attached hydrogens (tertiary/aromatic N) is 3. The second-order valence-corrected chi connectivity index (χ2v) is 7.72. The lowest BCUT2D eigenvalue weighted by atomic mass is 9.85. The van der Waals surface area contributed by atoms with Gasteiger partial charge < -0.3 is 19.6 Å². The van der Waals surface area contributed by atoms with Gasteiger partial charge in [0.05, 0.1) is 11.2 Å². The van der Waals surface area contributed by atoms with Crippen LogP contribution < -0.4 is 15.8 Å². The summed E-state index contributed by atoms with van der Waals surface area (Å²) in [6.45, 7) is 0. The van der Waals surface area contributed by atoms with Crippen molar-refractivity contribution in [3.63, 3.8) is 0 Å². The normalized spacial score (nSPS) is 24.4. The number of ether oxygens (including phenoxy) is 1. The molecule has 2 N–H and O–H groups in total. The van der Waals surface area contributed by atoms with Crippen molar-refractivity contribution in [3.05, 3.63) is 34.8 Å². The molecule has 2 saturated heterocycles. The molecule has 0 spiro atoms. The molecule has 8 nitrogen and oxygen atoms in total. The van der Waals surface area contributed by atoms with E-state index in [0.29, 0.717) is 40.3 Å². The van der Waals surface area contributed by atoms with Crippen LogP contribution in [0.25, 0.3) is 22.4 Å². The van der Waals surface area contributed by atoms with Gasteiger partial charge in [-0.1, -0.05) is 6.42 Å². The highest BCUT2D eigenvalue weighted by Gasteiger charge is 2.32. The highest BCUT2D eigenvalue weighted by atomic mass is 16.5. The molecule has 1 aromatic carbocycles. The molecule has 5 rings (SSSR count). The van der Waals surface area contributed by atoms with E-state index in [4.69, 9.17) is 9.15 Å². The van der Waals surface area contributed by atoms with Crippen LogP contribution in [-0.2, 0) is 7.05 Å². The van der Waals surface area contributed by atoms with Crippen LogP contribution in [0.1, 0.15) is 32.1 Å². The minimum Gasteiger partial charge on any atom is -0.507 e. The van der Waals surface area contributed by atoms with Gasteiger partial charge in [0.25, 0.3) is 0 Å². The Morgan fingerprint density at radius 2 is 2.00 bits per heavy atom. The Hall–Kier alpha value is -2.87. The highest BCUT2D eigenvalue weighted by Crippen LogP contribution is 2.33. The molecule has 2 bridgehead atoms. The molecule has 0 aliphatic carbocycles. The van der Waals surface area contributed by atoms with E-state index in [1.807, 2.05) is 0 Å². The summed E-state index contributed by atoms with van der Waals surface area (Å²) in [7, 11) is 1.59. The van der Waals surface area contributed by atoms with Crippen molar-refractivity contribution in [2.75, 3.05) is 0 Å². The van der Waals surface area contributed by atoms with Gasteiger partial charge >= 0.3 is 5.76 Å². The number of benzene rings is 1. The van der Waals surface area contributed by atoms with E-state index < -0.39 is 5.76 Å². The summed E-state index contributed by atoms with van der Waals surface area (Å²) < 4.78 is 12.6. The summed E-state index contributed by atoms with van der Waals surface area (Å²) in [5.41, 5.74) is 1.86. The second kappa shape index (κ2) is 6.63. The largest absolute Gasteiger partial charge is 0.507 e. The summed E-state index contributed by atoms with van der Waals surface area (Å²) in [5, 5.41) is 22.4. The summed E-state index contributed by atoms with van der Waals surface area (Å²) >= 11 is 0. The Labute approximate surface area is 161 Å². The Kier molecular flexibility index (Phi) is 4.08. The molecule has 2 atom stereocenters. The van der Waals surface area contributed by atoms with Crippen molar-refractivity contribution in [1.82, 2.24) is 20.1 Å². The van der Waals surface area contributed by atoms with Crippen molar-refractivity contribution < 1.29 is 14.3 Å². The van der Waals surface area contributed by atoms with Gasteiger partial charge in [0.15, 0.2) is 5.58 Å². The lowest BCUT2D eigenvalue weighted by Crippen LogP contribution is -2.51. The number of rotatable bonds is 3. The maximum Gasteiger partial charge on any atom is 0.419 e. The first-order valence-corrected chi connectivity index (χ1v) is 9.66.